The summed E-state index contributed by atoms with van der Waals surface area (Å²) >= 11 is 0. The topological polar surface area (TPSA) is 78.2 Å². The van der Waals surface area contributed by atoms with Crippen molar-refractivity contribution in [1.82, 2.24) is 4.90 Å². The summed E-state index contributed by atoms with van der Waals surface area (Å²) in [6.45, 7) is 7.53. The molecular weight excluding hydrogens is 362 g/mol. The lowest BCUT2D eigenvalue weighted by molar-refractivity contribution is 0.0771. The minimum Gasteiger partial charge on any atom is -0.490 e. The molecule has 3 rings (SSSR count). The van der Waals surface area contributed by atoms with E-state index in [4.69, 9.17) is 18.6 Å². The molecule has 0 radical (unpaired) electrons. The van der Waals surface area contributed by atoms with Gasteiger partial charge >= 0.3 is 5.63 Å². The van der Waals surface area contributed by atoms with Gasteiger partial charge in [0, 0.05) is 24.6 Å². The predicted molar refractivity (Wildman–Crippen MR) is 103 cm³/mol. The summed E-state index contributed by atoms with van der Waals surface area (Å²) in [7, 11) is 0. The Hall–Kier alpha value is -2.96. The van der Waals surface area contributed by atoms with Gasteiger partial charge in [-0.25, -0.2) is 4.79 Å². The number of hydrogen-bond donors (Lipinski definition) is 0. The Balaban J connectivity index is 1.68. The summed E-state index contributed by atoms with van der Waals surface area (Å²) in [5.41, 5.74) is 0.0996. The molecule has 0 saturated carbocycles. The van der Waals surface area contributed by atoms with E-state index in [0.29, 0.717) is 61.3 Å². The molecule has 28 heavy (non-hydrogen) atoms. The van der Waals surface area contributed by atoms with E-state index in [9.17, 15) is 9.59 Å². The summed E-state index contributed by atoms with van der Waals surface area (Å²) < 4.78 is 22.0. The van der Waals surface area contributed by atoms with E-state index in [-0.39, 0.29) is 12.0 Å². The molecule has 1 aliphatic heterocycles. The first-order chi connectivity index (χ1) is 13.5. The molecule has 0 aliphatic carbocycles. The zero-order valence-corrected chi connectivity index (χ0v) is 16.4. The van der Waals surface area contributed by atoms with Crippen LogP contribution < -0.4 is 19.8 Å². The summed E-state index contributed by atoms with van der Waals surface area (Å²) in [6.07, 6.45) is 0.527. The van der Waals surface area contributed by atoms with Gasteiger partial charge in [0.1, 0.15) is 17.6 Å². The molecule has 2 aromatic rings. The fraction of sp³-hybridized carbons (Fsp3) is 0.429. The van der Waals surface area contributed by atoms with E-state index >= 15 is 0 Å². The van der Waals surface area contributed by atoms with Gasteiger partial charge in [-0.15, -0.1) is 0 Å². The summed E-state index contributed by atoms with van der Waals surface area (Å²) in [6, 6.07) is 8.22. The van der Waals surface area contributed by atoms with Gasteiger partial charge in [-0.05, 0) is 39.0 Å². The smallest absolute Gasteiger partial charge is 0.339 e. The molecule has 7 heteroatoms. The lowest BCUT2D eigenvalue weighted by atomic mass is 10.1. The van der Waals surface area contributed by atoms with Crippen molar-refractivity contribution >= 4 is 5.91 Å². The first-order valence-electron chi connectivity index (χ1n) is 9.47. The number of rotatable bonds is 7. The summed E-state index contributed by atoms with van der Waals surface area (Å²) in [5.74, 6) is 2.06. The van der Waals surface area contributed by atoms with Gasteiger partial charge < -0.3 is 23.5 Å². The highest BCUT2D eigenvalue weighted by Crippen LogP contribution is 2.29. The number of hydrogen-bond acceptors (Lipinski definition) is 6. The van der Waals surface area contributed by atoms with E-state index in [1.165, 1.54) is 6.07 Å². The maximum Gasteiger partial charge on any atom is 0.339 e. The van der Waals surface area contributed by atoms with Crippen LogP contribution in [0.5, 0.6) is 17.2 Å². The van der Waals surface area contributed by atoms with Crippen LogP contribution >= 0.6 is 0 Å². The predicted octanol–water partition coefficient (Wildman–Crippen LogP) is 3.04. The molecule has 1 aromatic carbocycles. The SMILES string of the molecule is CCOc1ccc(C(=O)N2CCC(Oc3cc(C)oc(=O)c3)C2)cc1OCC. The minimum absolute atomic E-state index is 0.0844. The van der Waals surface area contributed by atoms with Gasteiger partial charge in [0.05, 0.1) is 25.8 Å². The highest BCUT2D eigenvalue weighted by molar-refractivity contribution is 5.95. The van der Waals surface area contributed by atoms with Crippen molar-refractivity contribution in [1.29, 1.82) is 0 Å². The summed E-state index contributed by atoms with van der Waals surface area (Å²) in [5, 5.41) is 0. The van der Waals surface area contributed by atoms with Crippen molar-refractivity contribution in [3.05, 3.63) is 52.1 Å². The van der Waals surface area contributed by atoms with Gasteiger partial charge in [-0.3, -0.25) is 4.79 Å². The van der Waals surface area contributed by atoms with Crippen LogP contribution in [0.2, 0.25) is 0 Å². The van der Waals surface area contributed by atoms with Crippen LogP contribution in [-0.4, -0.2) is 43.2 Å². The Morgan fingerprint density at radius 1 is 1.14 bits per heavy atom. The Morgan fingerprint density at radius 2 is 1.89 bits per heavy atom. The average Bonchev–Trinajstić information content (AvgIpc) is 3.10. The molecule has 1 fully saturated rings. The second-order valence-corrected chi connectivity index (χ2v) is 6.53. The monoisotopic (exact) mass is 387 g/mol. The van der Waals surface area contributed by atoms with Crippen molar-refractivity contribution in [2.45, 2.75) is 33.3 Å². The number of ether oxygens (including phenoxy) is 3. The third kappa shape index (κ3) is 4.65. The van der Waals surface area contributed by atoms with E-state index < -0.39 is 5.63 Å². The Morgan fingerprint density at radius 3 is 2.61 bits per heavy atom. The van der Waals surface area contributed by atoms with Crippen LogP contribution in [0.3, 0.4) is 0 Å². The second kappa shape index (κ2) is 8.82. The molecule has 0 bridgehead atoms. The van der Waals surface area contributed by atoms with Crippen molar-refractivity contribution in [2.75, 3.05) is 26.3 Å². The number of benzene rings is 1. The standard InChI is InChI=1S/C21H25NO6/c1-4-25-18-7-6-15(11-19(18)26-5-2)21(24)22-9-8-16(13-22)28-17-10-14(3)27-20(23)12-17/h6-7,10-12,16H,4-5,8-9,13H2,1-3H3. The van der Waals surface area contributed by atoms with Crippen LogP contribution in [0.4, 0.5) is 0 Å². The Labute approximate surface area is 163 Å². The fourth-order valence-corrected chi connectivity index (χ4v) is 3.21. The molecule has 1 atom stereocenters. The van der Waals surface area contributed by atoms with Gasteiger partial charge in [0.25, 0.3) is 5.91 Å². The third-order valence-corrected chi connectivity index (χ3v) is 4.39. The Bertz CT molecular complexity index is 891. The van der Waals surface area contributed by atoms with E-state index in [1.807, 2.05) is 13.8 Å². The molecule has 1 aromatic heterocycles. The van der Waals surface area contributed by atoms with E-state index in [1.54, 1.807) is 36.1 Å². The number of nitrogens with zero attached hydrogens (tertiary/aromatic N) is 1. The molecule has 0 N–H and O–H groups in total. The van der Waals surface area contributed by atoms with Crippen molar-refractivity contribution < 1.29 is 23.4 Å². The lowest BCUT2D eigenvalue weighted by Crippen LogP contribution is -2.31. The number of amides is 1. The number of carbonyl (C=O) groups is 1. The largest absolute Gasteiger partial charge is 0.490 e. The van der Waals surface area contributed by atoms with E-state index in [0.717, 1.165) is 0 Å². The third-order valence-electron chi connectivity index (χ3n) is 4.39. The zero-order valence-electron chi connectivity index (χ0n) is 16.4. The maximum atomic E-state index is 12.9. The zero-order chi connectivity index (χ0) is 20.1. The molecule has 7 nitrogen and oxygen atoms in total. The molecule has 150 valence electrons. The quantitative estimate of drug-likeness (QED) is 0.727. The molecule has 0 spiro atoms. The van der Waals surface area contributed by atoms with Crippen LogP contribution in [0.15, 0.2) is 39.5 Å². The molecule has 1 saturated heterocycles. The van der Waals surface area contributed by atoms with Crippen LogP contribution in [0.25, 0.3) is 0 Å². The first-order valence-corrected chi connectivity index (χ1v) is 9.47. The fourth-order valence-electron chi connectivity index (χ4n) is 3.21. The molecule has 1 unspecified atom stereocenters. The van der Waals surface area contributed by atoms with Crippen LogP contribution in [0, 0.1) is 6.92 Å². The lowest BCUT2D eigenvalue weighted by Gasteiger charge is -2.18. The van der Waals surface area contributed by atoms with Crippen molar-refractivity contribution in [3.8, 4) is 17.2 Å². The van der Waals surface area contributed by atoms with Gasteiger partial charge in [-0.1, -0.05) is 0 Å². The normalized spacial score (nSPS) is 16.1. The van der Waals surface area contributed by atoms with Crippen LogP contribution in [0.1, 0.15) is 36.4 Å². The minimum atomic E-state index is -0.446. The molecular formula is C21H25NO6. The summed E-state index contributed by atoms with van der Waals surface area (Å²) in [4.78, 5) is 26.1. The van der Waals surface area contributed by atoms with E-state index in [2.05, 4.69) is 0 Å². The average molecular weight is 387 g/mol. The second-order valence-electron chi connectivity index (χ2n) is 6.53. The Kier molecular flexibility index (Phi) is 6.23. The van der Waals surface area contributed by atoms with Crippen molar-refractivity contribution in [3.63, 3.8) is 0 Å². The number of carbonyl (C=O) groups excluding carboxylic acids is 1. The molecule has 1 amide bonds. The molecule has 1 aliphatic rings. The number of likely N-dealkylation sites (tertiary alicyclic amines) is 1. The molecule has 2 heterocycles. The number of aryl methyl sites for hydroxylation is 1. The van der Waals surface area contributed by atoms with Gasteiger partial charge in [0.2, 0.25) is 0 Å². The van der Waals surface area contributed by atoms with Crippen molar-refractivity contribution in [2.24, 2.45) is 0 Å². The first kappa shape index (κ1) is 19.8. The van der Waals surface area contributed by atoms with Crippen LogP contribution in [-0.2, 0) is 0 Å². The highest BCUT2D eigenvalue weighted by atomic mass is 16.5. The van der Waals surface area contributed by atoms with Gasteiger partial charge in [-0.2, -0.15) is 0 Å². The highest BCUT2D eigenvalue weighted by Gasteiger charge is 2.29. The van der Waals surface area contributed by atoms with Gasteiger partial charge in [0.15, 0.2) is 11.5 Å². The maximum absolute atomic E-state index is 12.9.